The predicted molar refractivity (Wildman–Crippen MR) is 275 cm³/mol. The number of para-hydroxylation sites is 3. The number of amidine groups is 2. The summed E-state index contributed by atoms with van der Waals surface area (Å²) in [6.07, 6.45) is 6.24. The van der Waals surface area contributed by atoms with E-state index in [-0.39, 0.29) is 0 Å². The minimum absolute atomic E-state index is 0.331. The maximum absolute atomic E-state index is 6.85. The number of furan rings is 2. The summed E-state index contributed by atoms with van der Waals surface area (Å²) in [5, 5.41) is 7.74. The van der Waals surface area contributed by atoms with Crippen LogP contribution in [0.15, 0.2) is 201 Å². The second kappa shape index (κ2) is 15.5. The van der Waals surface area contributed by atoms with E-state index in [1.807, 2.05) is 90.2 Å². The van der Waals surface area contributed by atoms with Gasteiger partial charge in [0.25, 0.3) is 0 Å². The number of hydrogen-bond acceptors (Lipinski definition) is 4. The molecule has 0 saturated carbocycles. The summed E-state index contributed by atoms with van der Waals surface area (Å²) in [6, 6.07) is 58.8. The van der Waals surface area contributed by atoms with E-state index in [0.29, 0.717) is 23.8 Å². The highest BCUT2D eigenvalue weighted by Crippen LogP contribution is 2.43. The SMILES string of the molecule is C=Cc1c(/C=C\C)n(-c2ccc3sc4cccc(-c5ccc6oc7cccc(CN=C(N=C(N)c8cccc9c8oc8ccccc89)c8ccccc8)c7c6c5)c4c3c2)c2ccccc12. The van der Waals surface area contributed by atoms with Crippen molar-refractivity contribution in [2.75, 3.05) is 0 Å². The molecule has 0 aliphatic rings. The Labute approximate surface area is 378 Å². The molecule has 0 unspecified atom stereocenters. The van der Waals surface area contributed by atoms with E-state index in [2.05, 4.69) is 127 Å². The minimum Gasteiger partial charge on any atom is -0.456 e. The molecule has 12 rings (SSSR count). The van der Waals surface area contributed by atoms with Crippen molar-refractivity contribution in [3.63, 3.8) is 0 Å². The number of thiophene rings is 1. The number of aromatic nitrogens is 1. The van der Waals surface area contributed by atoms with Gasteiger partial charge in [-0.25, -0.2) is 4.99 Å². The maximum Gasteiger partial charge on any atom is 0.157 e. The summed E-state index contributed by atoms with van der Waals surface area (Å²) in [5.41, 5.74) is 19.4. The zero-order chi connectivity index (χ0) is 43.6. The first kappa shape index (κ1) is 38.4. The van der Waals surface area contributed by atoms with Crippen LogP contribution in [0.1, 0.15) is 34.9 Å². The summed E-state index contributed by atoms with van der Waals surface area (Å²) in [7, 11) is 0. The molecule has 0 radical (unpaired) electrons. The van der Waals surface area contributed by atoms with Gasteiger partial charge in [0.05, 0.1) is 23.3 Å². The van der Waals surface area contributed by atoms with Gasteiger partial charge >= 0.3 is 0 Å². The van der Waals surface area contributed by atoms with Crippen molar-refractivity contribution in [3.8, 4) is 16.8 Å². The standard InChI is InChI=1S/C58H40N4O2S/c1-3-15-47-39(4-2)41-19-8-10-24-48(41)62(47)38-29-31-52-46(33-38)55-40(21-14-27-53(55)65-52)36-28-30-50-45(32-36)54-37(18-12-26-51(54)63-50)34-60-58(35-16-6-5-7-17-35)61-57(59)44-23-13-22-43-42-20-9-11-25-49(42)64-56(43)44/h3-33H,2,34H2,1H3,(H2,59,60,61)/b15-3-. The summed E-state index contributed by atoms with van der Waals surface area (Å²) >= 11 is 1.83. The lowest BCUT2D eigenvalue weighted by Gasteiger charge is -2.11. The topological polar surface area (TPSA) is 82.0 Å². The van der Waals surface area contributed by atoms with Crippen LogP contribution in [0.3, 0.4) is 0 Å². The van der Waals surface area contributed by atoms with Gasteiger partial charge in [0.2, 0.25) is 0 Å². The van der Waals surface area contributed by atoms with Crippen LogP contribution in [0.2, 0.25) is 0 Å². The van der Waals surface area contributed by atoms with Crippen molar-refractivity contribution in [2.24, 2.45) is 15.7 Å². The molecule has 6 nitrogen and oxygen atoms in total. The van der Waals surface area contributed by atoms with Crippen molar-refractivity contribution in [1.29, 1.82) is 0 Å². The average molecular weight is 857 g/mol. The smallest absolute Gasteiger partial charge is 0.157 e. The lowest BCUT2D eigenvalue weighted by atomic mass is 9.97. The Balaban J connectivity index is 0.973. The van der Waals surface area contributed by atoms with E-state index < -0.39 is 0 Å². The van der Waals surface area contributed by atoms with Crippen LogP contribution < -0.4 is 5.73 Å². The molecule has 0 saturated heterocycles. The largest absolute Gasteiger partial charge is 0.456 e. The minimum atomic E-state index is 0.331. The molecule has 12 aromatic rings. The van der Waals surface area contributed by atoms with E-state index in [0.717, 1.165) is 83.0 Å². The Morgan fingerprint density at radius 3 is 2.31 bits per heavy atom. The van der Waals surface area contributed by atoms with Gasteiger partial charge in [-0.1, -0.05) is 128 Å². The number of benzene rings is 8. The molecule has 4 aromatic heterocycles. The normalized spacial score (nSPS) is 12.7. The second-order valence-corrected chi connectivity index (χ2v) is 17.3. The van der Waals surface area contributed by atoms with Crippen LogP contribution in [-0.2, 0) is 6.54 Å². The fourth-order valence-corrected chi connectivity index (χ4v) is 10.7. The van der Waals surface area contributed by atoms with Gasteiger partial charge in [-0.15, -0.1) is 11.3 Å². The van der Waals surface area contributed by atoms with Gasteiger partial charge in [0.15, 0.2) is 5.84 Å². The van der Waals surface area contributed by atoms with Crippen LogP contribution >= 0.6 is 11.3 Å². The molecule has 0 amide bonds. The van der Waals surface area contributed by atoms with E-state index in [1.165, 1.54) is 31.1 Å². The van der Waals surface area contributed by atoms with Gasteiger partial charge in [-0.3, -0.25) is 4.99 Å². The Hall–Kier alpha value is -8.26. The molecule has 0 aliphatic carbocycles. The molecule has 0 spiro atoms. The van der Waals surface area contributed by atoms with Gasteiger partial charge in [0, 0.05) is 63.9 Å². The second-order valence-electron chi connectivity index (χ2n) is 16.2. The van der Waals surface area contributed by atoms with Crippen molar-refractivity contribution in [2.45, 2.75) is 13.5 Å². The Kier molecular flexibility index (Phi) is 9.17. The number of nitrogens with zero attached hydrogens (tertiary/aromatic N) is 3. The first-order valence-corrected chi connectivity index (χ1v) is 22.5. The molecule has 310 valence electrons. The Morgan fingerprint density at radius 1 is 0.662 bits per heavy atom. The maximum atomic E-state index is 6.85. The van der Waals surface area contributed by atoms with Crippen molar-refractivity contribution in [3.05, 3.63) is 210 Å². The molecule has 4 heterocycles. The molecule has 0 atom stereocenters. The molecule has 2 N–H and O–H groups in total. The molecular weight excluding hydrogens is 817 g/mol. The molecule has 0 aliphatic heterocycles. The average Bonchev–Trinajstić information content (AvgIpc) is 4.11. The van der Waals surface area contributed by atoms with Crippen LogP contribution in [0, 0.1) is 0 Å². The van der Waals surface area contributed by atoms with Gasteiger partial charge in [-0.05, 0) is 90.4 Å². The van der Waals surface area contributed by atoms with Crippen molar-refractivity contribution in [1.82, 2.24) is 4.57 Å². The first-order valence-electron chi connectivity index (χ1n) is 21.7. The van der Waals surface area contributed by atoms with Crippen LogP contribution in [0.4, 0.5) is 0 Å². The number of hydrogen-bond donors (Lipinski definition) is 1. The summed E-state index contributed by atoms with van der Waals surface area (Å²) in [5.74, 6) is 0.862. The summed E-state index contributed by atoms with van der Waals surface area (Å²) in [6.45, 7) is 6.61. The number of nitrogens with two attached hydrogens (primary N) is 1. The van der Waals surface area contributed by atoms with Gasteiger partial charge in [-0.2, -0.15) is 0 Å². The highest BCUT2D eigenvalue weighted by atomic mass is 32.1. The van der Waals surface area contributed by atoms with Gasteiger partial charge in [0.1, 0.15) is 28.2 Å². The lowest BCUT2D eigenvalue weighted by molar-refractivity contribution is 0.668. The third kappa shape index (κ3) is 6.31. The van der Waals surface area contributed by atoms with Crippen LogP contribution in [-0.4, -0.2) is 16.2 Å². The number of allylic oxidation sites excluding steroid dienone is 1. The molecule has 0 fully saturated rings. The lowest BCUT2D eigenvalue weighted by Crippen LogP contribution is -2.16. The summed E-state index contributed by atoms with van der Waals surface area (Å²) in [4.78, 5) is 10.2. The predicted octanol–water partition coefficient (Wildman–Crippen LogP) is 15.5. The zero-order valence-electron chi connectivity index (χ0n) is 35.5. The van der Waals surface area contributed by atoms with Crippen molar-refractivity contribution < 1.29 is 8.83 Å². The Bertz CT molecular complexity index is 3970. The fourth-order valence-electron chi connectivity index (χ4n) is 9.56. The van der Waals surface area contributed by atoms with Gasteiger partial charge < -0.3 is 19.1 Å². The highest BCUT2D eigenvalue weighted by molar-refractivity contribution is 7.26. The summed E-state index contributed by atoms with van der Waals surface area (Å²) < 4.78 is 17.7. The zero-order valence-corrected chi connectivity index (χ0v) is 36.3. The number of fused-ring (bicyclic) bond motifs is 10. The van der Waals surface area contributed by atoms with E-state index in [9.17, 15) is 0 Å². The van der Waals surface area contributed by atoms with E-state index >= 15 is 0 Å². The molecule has 8 aromatic carbocycles. The van der Waals surface area contributed by atoms with Crippen LogP contribution in [0.25, 0.3) is 104 Å². The monoisotopic (exact) mass is 856 g/mol. The molecule has 0 bridgehead atoms. The van der Waals surface area contributed by atoms with E-state index in [4.69, 9.17) is 24.6 Å². The molecule has 7 heteroatoms. The third-order valence-corrected chi connectivity index (χ3v) is 13.6. The van der Waals surface area contributed by atoms with E-state index in [1.54, 1.807) is 0 Å². The highest BCUT2D eigenvalue weighted by Gasteiger charge is 2.20. The quantitative estimate of drug-likeness (QED) is 0.122. The van der Waals surface area contributed by atoms with Crippen molar-refractivity contribution >= 4 is 110 Å². The molecular formula is C58H40N4O2S. The third-order valence-electron chi connectivity index (χ3n) is 12.4. The van der Waals surface area contributed by atoms with Crippen LogP contribution in [0.5, 0.6) is 0 Å². The molecule has 65 heavy (non-hydrogen) atoms. The fraction of sp³-hybridized carbons (Fsp3) is 0.0345. The number of aliphatic imine (C=N–C) groups is 2. The first-order chi connectivity index (χ1) is 32.1. The Morgan fingerprint density at radius 2 is 1.43 bits per heavy atom. The number of rotatable bonds is 8.